The number of rotatable bonds is 1. The largest absolute Gasteiger partial charge is 0.334 e. The molecular weight excluding hydrogens is 304 g/mol. The van der Waals surface area contributed by atoms with Gasteiger partial charge in [-0.2, -0.15) is 11.8 Å². The van der Waals surface area contributed by atoms with Gasteiger partial charge in [-0.3, -0.25) is 4.79 Å². The Morgan fingerprint density at radius 3 is 2.95 bits per heavy atom. The Kier molecular flexibility index (Phi) is 4.09. The number of pyridine rings is 1. The number of amides is 1. The molecule has 21 heavy (non-hydrogen) atoms. The highest BCUT2D eigenvalue weighted by molar-refractivity contribution is 8.00. The van der Waals surface area contributed by atoms with E-state index in [1.165, 1.54) is 0 Å². The van der Waals surface area contributed by atoms with E-state index in [0.717, 1.165) is 23.2 Å². The number of carbonyl (C=O) groups excluding carboxylic acids is 1. The summed E-state index contributed by atoms with van der Waals surface area (Å²) in [5.41, 5.74) is 1.41. The third-order valence-electron chi connectivity index (χ3n) is 4.06. The van der Waals surface area contributed by atoms with Gasteiger partial charge in [0.05, 0.1) is 11.1 Å². The van der Waals surface area contributed by atoms with E-state index in [1.54, 1.807) is 6.07 Å². The molecule has 1 aliphatic heterocycles. The number of thioether (sulfide) groups is 1. The molecule has 0 radical (unpaired) electrons. The van der Waals surface area contributed by atoms with Crippen molar-refractivity contribution >= 4 is 40.2 Å². The molecule has 1 aromatic carbocycles. The maximum Gasteiger partial charge on any atom is 0.254 e. The molecule has 3 nitrogen and oxygen atoms in total. The minimum Gasteiger partial charge on any atom is -0.334 e. The van der Waals surface area contributed by atoms with Gasteiger partial charge in [0.1, 0.15) is 5.15 Å². The third-order valence-corrected chi connectivity index (χ3v) is 5.59. The molecule has 110 valence electrons. The first-order valence-electron chi connectivity index (χ1n) is 7.06. The fourth-order valence-corrected chi connectivity index (χ4v) is 3.99. The fraction of sp³-hybridized carbons (Fsp3) is 0.375. The molecule has 2 heterocycles. The number of hydrogen-bond acceptors (Lipinski definition) is 3. The van der Waals surface area contributed by atoms with Crippen LogP contribution in [-0.4, -0.2) is 39.4 Å². The molecule has 2 aromatic rings. The van der Waals surface area contributed by atoms with E-state index < -0.39 is 0 Å². The second kappa shape index (κ2) is 5.85. The van der Waals surface area contributed by atoms with Crippen LogP contribution in [0.1, 0.15) is 24.2 Å². The lowest BCUT2D eigenvalue weighted by atomic mass is 10.1. The number of para-hydroxylation sites is 1. The van der Waals surface area contributed by atoms with Crippen molar-refractivity contribution in [3.8, 4) is 0 Å². The quantitative estimate of drug-likeness (QED) is 0.748. The SMILES string of the molecule is CC1SCCN(C(=O)c2cc(Cl)nc3ccccc23)C1C. The maximum atomic E-state index is 13.0. The molecule has 5 heteroatoms. The van der Waals surface area contributed by atoms with E-state index in [2.05, 4.69) is 18.8 Å². The van der Waals surface area contributed by atoms with Crippen molar-refractivity contribution in [2.75, 3.05) is 12.3 Å². The maximum absolute atomic E-state index is 13.0. The van der Waals surface area contributed by atoms with E-state index in [4.69, 9.17) is 11.6 Å². The number of nitrogens with zero attached hydrogens (tertiary/aromatic N) is 2. The molecule has 0 spiro atoms. The minimum absolute atomic E-state index is 0.0511. The Hall–Kier alpha value is -1.26. The molecule has 0 bridgehead atoms. The van der Waals surface area contributed by atoms with Crippen LogP contribution in [0.3, 0.4) is 0 Å². The van der Waals surface area contributed by atoms with Gasteiger partial charge in [0, 0.05) is 29.0 Å². The summed E-state index contributed by atoms with van der Waals surface area (Å²) in [6, 6.07) is 9.55. The molecule has 0 aliphatic carbocycles. The monoisotopic (exact) mass is 320 g/mol. The summed E-state index contributed by atoms with van der Waals surface area (Å²) >= 11 is 8.00. The first kappa shape index (κ1) is 14.7. The first-order chi connectivity index (χ1) is 10.1. The van der Waals surface area contributed by atoms with Gasteiger partial charge in [-0.05, 0) is 19.1 Å². The average molecular weight is 321 g/mol. The highest BCUT2D eigenvalue weighted by Gasteiger charge is 2.30. The van der Waals surface area contributed by atoms with Crippen molar-refractivity contribution in [2.24, 2.45) is 0 Å². The number of aromatic nitrogens is 1. The highest BCUT2D eigenvalue weighted by atomic mass is 35.5. The number of benzene rings is 1. The minimum atomic E-state index is 0.0511. The van der Waals surface area contributed by atoms with Gasteiger partial charge in [0.15, 0.2) is 0 Å². The second-order valence-corrected chi connectivity index (χ2v) is 7.20. The van der Waals surface area contributed by atoms with Crippen molar-refractivity contribution < 1.29 is 4.79 Å². The van der Waals surface area contributed by atoms with Gasteiger partial charge >= 0.3 is 0 Å². The van der Waals surface area contributed by atoms with Gasteiger partial charge in [-0.15, -0.1) is 0 Å². The topological polar surface area (TPSA) is 33.2 Å². The molecule has 1 fully saturated rings. The van der Waals surface area contributed by atoms with Crippen LogP contribution >= 0.6 is 23.4 Å². The van der Waals surface area contributed by atoms with Crippen LogP contribution in [0.4, 0.5) is 0 Å². The average Bonchev–Trinajstić information content (AvgIpc) is 2.48. The summed E-state index contributed by atoms with van der Waals surface area (Å²) in [7, 11) is 0. The van der Waals surface area contributed by atoms with Gasteiger partial charge in [-0.1, -0.05) is 36.7 Å². The summed E-state index contributed by atoms with van der Waals surface area (Å²) in [4.78, 5) is 19.2. The molecule has 2 unspecified atom stereocenters. The van der Waals surface area contributed by atoms with Crippen molar-refractivity contribution in [3.05, 3.63) is 41.0 Å². The molecule has 1 aromatic heterocycles. The lowest BCUT2D eigenvalue weighted by molar-refractivity contribution is 0.0700. The molecule has 1 amide bonds. The normalized spacial score (nSPS) is 22.5. The summed E-state index contributed by atoms with van der Waals surface area (Å²) in [6.45, 7) is 5.06. The van der Waals surface area contributed by atoms with Crippen LogP contribution in [0.15, 0.2) is 30.3 Å². The smallest absolute Gasteiger partial charge is 0.254 e. The molecular formula is C16H17ClN2OS. The zero-order chi connectivity index (χ0) is 15.0. The molecule has 1 aliphatic rings. The van der Waals surface area contributed by atoms with Crippen LogP contribution in [0.2, 0.25) is 5.15 Å². The van der Waals surface area contributed by atoms with E-state index in [1.807, 2.05) is 40.9 Å². The van der Waals surface area contributed by atoms with Gasteiger partial charge in [-0.25, -0.2) is 4.98 Å². The standard InChI is InChI=1S/C16H17ClN2OS/c1-10-11(2)21-8-7-19(10)16(20)13-9-15(17)18-14-6-4-3-5-12(13)14/h3-6,9-11H,7-8H2,1-2H3. The first-order valence-corrected chi connectivity index (χ1v) is 8.48. The highest BCUT2D eigenvalue weighted by Crippen LogP contribution is 2.28. The van der Waals surface area contributed by atoms with Crippen LogP contribution in [0.5, 0.6) is 0 Å². The van der Waals surface area contributed by atoms with E-state index >= 15 is 0 Å². The second-order valence-electron chi connectivity index (χ2n) is 5.32. The van der Waals surface area contributed by atoms with Crippen molar-refractivity contribution in [3.63, 3.8) is 0 Å². The zero-order valence-electron chi connectivity index (χ0n) is 12.0. The Morgan fingerprint density at radius 1 is 1.38 bits per heavy atom. The van der Waals surface area contributed by atoms with Crippen LogP contribution in [0, 0.1) is 0 Å². The van der Waals surface area contributed by atoms with Gasteiger partial charge in [0.25, 0.3) is 5.91 Å². The van der Waals surface area contributed by atoms with Crippen molar-refractivity contribution in [2.45, 2.75) is 25.1 Å². The summed E-state index contributed by atoms with van der Waals surface area (Å²) in [5.74, 6) is 1.03. The Bertz CT molecular complexity index is 691. The van der Waals surface area contributed by atoms with E-state index in [0.29, 0.717) is 16.0 Å². The number of halogens is 1. The molecule has 3 rings (SSSR count). The Balaban J connectivity index is 2.05. The van der Waals surface area contributed by atoms with Crippen LogP contribution in [0.25, 0.3) is 10.9 Å². The molecule has 1 saturated heterocycles. The molecule has 0 N–H and O–H groups in total. The fourth-order valence-electron chi connectivity index (χ4n) is 2.69. The predicted molar refractivity (Wildman–Crippen MR) is 89.2 cm³/mol. The lowest BCUT2D eigenvalue weighted by Gasteiger charge is -2.37. The van der Waals surface area contributed by atoms with E-state index in [-0.39, 0.29) is 11.9 Å². The number of carbonyl (C=O) groups is 1. The number of hydrogen-bond donors (Lipinski definition) is 0. The van der Waals surface area contributed by atoms with Gasteiger partial charge in [0.2, 0.25) is 0 Å². The summed E-state index contributed by atoms with van der Waals surface area (Å²) in [5, 5.41) is 1.68. The van der Waals surface area contributed by atoms with Crippen LogP contribution < -0.4 is 0 Å². The summed E-state index contributed by atoms with van der Waals surface area (Å²) in [6.07, 6.45) is 0. The van der Waals surface area contributed by atoms with Gasteiger partial charge < -0.3 is 4.90 Å². The molecule has 2 atom stereocenters. The third kappa shape index (κ3) is 2.74. The van der Waals surface area contributed by atoms with Crippen molar-refractivity contribution in [1.82, 2.24) is 9.88 Å². The predicted octanol–water partition coefficient (Wildman–Crippen LogP) is 3.85. The molecule has 0 saturated carbocycles. The summed E-state index contributed by atoms with van der Waals surface area (Å²) < 4.78 is 0. The Morgan fingerprint density at radius 2 is 2.14 bits per heavy atom. The Labute approximate surface area is 133 Å². The zero-order valence-corrected chi connectivity index (χ0v) is 13.6. The number of fused-ring (bicyclic) bond motifs is 1. The van der Waals surface area contributed by atoms with Crippen molar-refractivity contribution in [1.29, 1.82) is 0 Å². The van der Waals surface area contributed by atoms with Crippen LogP contribution in [-0.2, 0) is 0 Å². The lowest BCUT2D eigenvalue weighted by Crippen LogP contribution is -2.48. The van der Waals surface area contributed by atoms with E-state index in [9.17, 15) is 4.79 Å².